The van der Waals surface area contributed by atoms with E-state index in [2.05, 4.69) is 25.7 Å². The minimum absolute atomic E-state index is 0.0393. The zero-order chi connectivity index (χ0) is 59.9. The average Bonchev–Trinajstić information content (AvgIpc) is 2.10. The minimum Gasteiger partial charge on any atom is -0.378 e. The van der Waals surface area contributed by atoms with Crippen LogP contribution in [-0.4, -0.2) is 151 Å². The van der Waals surface area contributed by atoms with Gasteiger partial charge in [0.2, 0.25) is 17.7 Å². The van der Waals surface area contributed by atoms with E-state index in [-0.39, 0.29) is 77.2 Å². The first-order valence-corrected chi connectivity index (χ1v) is 30.7. The van der Waals surface area contributed by atoms with E-state index in [9.17, 15) is 54.3 Å². The van der Waals surface area contributed by atoms with Gasteiger partial charge in [0.15, 0.2) is 9.84 Å². The van der Waals surface area contributed by atoms with Crippen LogP contribution in [0.5, 0.6) is 0 Å². The number of halogens is 6. The molecule has 4 unspecified atom stereocenters. The maximum Gasteiger partial charge on any atom is 0.416 e. The van der Waals surface area contributed by atoms with Crippen LogP contribution in [0, 0.1) is 22.7 Å². The van der Waals surface area contributed by atoms with E-state index >= 15 is 0 Å². The van der Waals surface area contributed by atoms with Crippen molar-refractivity contribution < 1.29 is 54.3 Å². The second-order valence-electron chi connectivity index (χ2n) is 25.6. The van der Waals surface area contributed by atoms with Gasteiger partial charge in [-0.25, -0.2) is 8.42 Å². The maximum atomic E-state index is 14.5. The third-order valence-electron chi connectivity index (χ3n) is 17.9. The molecule has 4 aliphatic heterocycles. The Morgan fingerprint density at radius 1 is 0.573 bits per heavy atom. The molecule has 19 heteroatoms. The Balaban J connectivity index is 1.20. The molecular formula is C63H82F6N6O6S. The first-order valence-electron chi connectivity index (χ1n) is 28.8. The van der Waals surface area contributed by atoms with Gasteiger partial charge in [-0.1, -0.05) is 114 Å². The Morgan fingerprint density at radius 2 is 1.04 bits per heavy atom. The molecule has 0 radical (unpaired) electrons. The zero-order valence-corrected chi connectivity index (χ0v) is 49.6. The lowest BCUT2D eigenvalue weighted by Crippen LogP contribution is -2.62. The molecule has 4 aliphatic rings. The van der Waals surface area contributed by atoms with E-state index in [1.807, 2.05) is 82.8 Å². The molecule has 8 rings (SSSR count). The van der Waals surface area contributed by atoms with Crippen molar-refractivity contribution in [1.29, 1.82) is 0 Å². The summed E-state index contributed by atoms with van der Waals surface area (Å²) in [7, 11) is -3.99. The number of aliphatic hydroxyl groups excluding tert-OH is 1. The van der Waals surface area contributed by atoms with Gasteiger partial charge in [-0.05, 0) is 100 Å². The second kappa shape index (κ2) is 24.7. The van der Waals surface area contributed by atoms with Crippen molar-refractivity contribution in [2.45, 2.75) is 141 Å². The summed E-state index contributed by atoms with van der Waals surface area (Å²) < 4.78 is 115. The number of amides is 3. The fourth-order valence-corrected chi connectivity index (χ4v) is 14.4. The van der Waals surface area contributed by atoms with E-state index in [1.54, 1.807) is 48.2 Å². The number of carbonyl (C=O) groups is 3. The highest BCUT2D eigenvalue weighted by Gasteiger charge is 2.48. The molecule has 4 fully saturated rings. The Bertz CT molecular complexity index is 2960. The Kier molecular flexibility index (Phi) is 18.9. The SMILES string of the molecule is CC(=O)N1CCC(CC(=O)N2CCN(C(c3ccccc3)c3ccc(S(C)(=O)=O)c(C(C4CCN(C(C)=O)CC4)C(O)N4CCN(C(c5ccccc5)c5cc(C(F)(F)F)cc(C(F)(F)F)c5)C[C@@H]4C(C)(C)C)c3)C[C@@H]2C(C)(C)C)CC1. The molecule has 12 nitrogen and oxygen atoms in total. The van der Waals surface area contributed by atoms with Gasteiger partial charge in [0.25, 0.3) is 0 Å². The zero-order valence-electron chi connectivity index (χ0n) is 48.8. The third-order valence-corrected chi connectivity index (χ3v) is 19.0. The highest BCUT2D eigenvalue weighted by molar-refractivity contribution is 7.90. The highest BCUT2D eigenvalue weighted by atomic mass is 32.2. The van der Waals surface area contributed by atoms with E-state index in [4.69, 9.17) is 0 Å². The fraction of sp³-hybridized carbons (Fsp3) is 0.571. The number of carbonyl (C=O) groups excluding carboxylic acids is 3. The average molecular weight is 1170 g/mol. The van der Waals surface area contributed by atoms with Gasteiger partial charge in [0.1, 0.15) is 6.23 Å². The molecule has 3 amide bonds. The molecule has 448 valence electrons. The number of piperidine rings is 2. The predicted octanol–water partition coefficient (Wildman–Crippen LogP) is 10.9. The van der Waals surface area contributed by atoms with Crippen molar-refractivity contribution in [3.05, 3.63) is 136 Å². The molecule has 0 bridgehead atoms. The lowest BCUT2D eigenvalue weighted by Gasteiger charge is -2.53. The smallest absolute Gasteiger partial charge is 0.378 e. The fourth-order valence-electron chi connectivity index (χ4n) is 13.4. The normalized spacial score (nSPS) is 21.7. The van der Waals surface area contributed by atoms with Gasteiger partial charge in [0.05, 0.1) is 28.1 Å². The first kappa shape index (κ1) is 62.7. The molecule has 82 heavy (non-hydrogen) atoms. The van der Waals surface area contributed by atoms with E-state index in [0.29, 0.717) is 76.2 Å². The lowest BCUT2D eigenvalue weighted by molar-refractivity contribution is -0.144. The number of piperazine rings is 2. The van der Waals surface area contributed by atoms with Crippen LogP contribution in [-0.2, 0) is 36.6 Å². The number of alkyl halides is 6. The topological polar surface area (TPSA) is 125 Å². The third kappa shape index (κ3) is 14.4. The molecule has 0 aromatic heterocycles. The van der Waals surface area contributed by atoms with Crippen LogP contribution in [0.1, 0.15) is 144 Å². The second-order valence-corrected chi connectivity index (χ2v) is 27.5. The van der Waals surface area contributed by atoms with Gasteiger partial charge >= 0.3 is 12.4 Å². The van der Waals surface area contributed by atoms with Crippen molar-refractivity contribution in [3.8, 4) is 0 Å². The van der Waals surface area contributed by atoms with Crippen LogP contribution in [0.25, 0.3) is 0 Å². The maximum absolute atomic E-state index is 14.5. The summed E-state index contributed by atoms with van der Waals surface area (Å²) in [5.74, 6) is -1.04. The quantitative estimate of drug-likeness (QED) is 0.130. The lowest BCUT2D eigenvalue weighted by atomic mass is 9.75. The number of rotatable bonds is 13. The Morgan fingerprint density at radius 3 is 1.50 bits per heavy atom. The summed E-state index contributed by atoms with van der Waals surface area (Å²) in [6.07, 6.45) is -7.57. The van der Waals surface area contributed by atoms with Crippen LogP contribution in [0.4, 0.5) is 26.3 Å². The highest BCUT2D eigenvalue weighted by Crippen LogP contribution is 2.47. The first-order chi connectivity index (χ1) is 38.3. The number of nitrogens with zero attached hydrogens (tertiary/aromatic N) is 6. The summed E-state index contributed by atoms with van der Waals surface area (Å²) in [4.78, 5) is 51.1. The van der Waals surface area contributed by atoms with Crippen molar-refractivity contribution in [2.75, 3.05) is 71.7 Å². The van der Waals surface area contributed by atoms with Gasteiger partial charge in [-0.3, -0.25) is 29.1 Å². The van der Waals surface area contributed by atoms with Crippen LogP contribution < -0.4 is 0 Å². The molecule has 6 atom stereocenters. The van der Waals surface area contributed by atoms with Crippen molar-refractivity contribution in [1.82, 2.24) is 29.4 Å². The monoisotopic (exact) mass is 1160 g/mol. The Hall–Kier alpha value is -5.34. The van der Waals surface area contributed by atoms with Gasteiger partial charge in [-0.15, -0.1) is 0 Å². The summed E-state index contributed by atoms with van der Waals surface area (Å²) in [6, 6.07) is 23.2. The molecule has 4 aromatic carbocycles. The number of benzene rings is 4. The number of hydrogen-bond donors (Lipinski definition) is 1. The molecule has 4 heterocycles. The van der Waals surface area contributed by atoms with Crippen LogP contribution in [0.3, 0.4) is 0 Å². The number of hydrogen-bond acceptors (Lipinski definition) is 9. The summed E-state index contributed by atoms with van der Waals surface area (Å²) >= 11 is 0. The molecule has 0 aliphatic carbocycles. The summed E-state index contributed by atoms with van der Waals surface area (Å²) in [5.41, 5.74) is -1.43. The largest absolute Gasteiger partial charge is 0.416 e. The molecule has 1 N–H and O–H groups in total. The number of sulfone groups is 1. The van der Waals surface area contributed by atoms with Crippen molar-refractivity contribution in [2.24, 2.45) is 22.7 Å². The summed E-state index contributed by atoms with van der Waals surface area (Å²) in [6.45, 7) is 19.1. The number of likely N-dealkylation sites (tertiary alicyclic amines) is 2. The molecule has 0 saturated carbocycles. The predicted molar refractivity (Wildman–Crippen MR) is 304 cm³/mol. The standard InChI is InChI=1S/C63H82F6N6O6S/c1-41(76)70-26-22-43(23-27-70)34-55(78)74-32-30-72(39-53(74)60(3,4)5)57(45-16-12-10-13-17-45)47-20-21-52(82(9,80)81)51(37-47)56(44-24-28-71(29-25-44)42(2)77)59(79)75-33-31-73(40-54(75)61(6,7)8)58(46-18-14-11-15-19-46)48-35-49(62(64,65)66)38-50(36-48)63(67,68)69/h10-21,35-38,43-44,53-54,56-59,79H,22-34,39-40H2,1-9H3/t53-,54-,56?,57?,58?,59?/m1/s1. The minimum atomic E-state index is -5.07. The molecule has 4 aromatic rings. The van der Waals surface area contributed by atoms with Crippen molar-refractivity contribution >= 4 is 27.6 Å². The Labute approximate surface area is 480 Å². The molecule has 0 spiro atoms. The molecule has 4 saturated heterocycles. The van der Waals surface area contributed by atoms with Crippen LogP contribution in [0.15, 0.2) is 102 Å². The van der Waals surface area contributed by atoms with Crippen molar-refractivity contribution in [3.63, 3.8) is 0 Å². The van der Waals surface area contributed by atoms with E-state index in [0.717, 1.165) is 42.4 Å². The van der Waals surface area contributed by atoms with Gasteiger partial charge in [0, 0.05) is 110 Å². The number of aliphatic hydroxyl groups is 1. The van der Waals surface area contributed by atoms with E-state index < -0.39 is 69.0 Å². The van der Waals surface area contributed by atoms with Gasteiger partial charge < -0.3 is 19.8 Å². The van der Waals surface area contributed by atoms with Crippen LogP contribution >= 0.6 is 0 Å². The molecular weight excluding hydrogens is 1080 g/mol. The van der Waals surface area contributed by atoms with Gasteiger partial charge in [-0.2, -0.15) is 26.3 Å². The van der Waals surface area contributed by atoms with E-state index in [1.165, 1.54) is 6.92 Å². The van der Waals surface area contributed by atoms with Crippen LogP contribution in [0.2, 0.25) is 0 Å². The summed E-state index contributed by atoms with van der Waals surface area (Å²) in [5, 5.41) is 13.5.